The molecule has 4 rings (SSSR count). The predicted octanol–water partition coefficient (Wildman–Crippen LogP) is 3.30. The molecule has 0 spiro atoms. The Balaban J connectivity index is 1.74. The molecule has 3 aromatic rings. The number of nitrogens with one attached hydrogen (secondary N) is 3. The highest BCUT2D eigenvalue weighted by Crippen LogP contribution is 2.37. The van der Waals surface area contributed by atoms with Crippen LogP contribution < -0.4 is 20.7 Å². The molecule has 0 radical (unpaired) electrons. The zero-order chi connectivity index (χ0) is 22.0. The Hall–Kier alpha value is -3.62. The number of carbonyl (C=O) groups is 2. The number of hydrogen-bond donors (Lipinski definition) is 3. The first-order chi connectivity index (χ1) is 15.0. The van der Waals surface area contributed by atoms with Gasteiger partial charge in [0, 0.05) is 37.2 Å². The van der Waals surface area contributed by atoms with Gasteiger partial charge in [-0.25, -0.2) is 4.98 Å². The zero-order valence-corrected chi connectivity index (χ0v) is 17.9. The molecule has 31 heavy (non-hydrogen) atoms. The quantitative estimate of drug-likeness (QED) is 0.514. The number of carbonyl (C=O) groups excluding carboxylic acids is 2. The first-order valence-corrected chi connectivity index (χ1v) is 10.4. The van der Waals surface area contributed by atoms with E-state index >= 15 is 0 Å². The van der Waals surface area contributed by atoms with E-state index in [4.69, 9.17) is 4.74 Å². The van der Waals surface area contributed by atoms with Crippen molar-refractivity contribution in [2.24, 2.45) is 5.92 Å². The Morgan fingerprint density at radius 1 is 1.23 bits per heavy atom. The number of benzene rings is 1. The summed E-state index contributed by atoms with van der Waals surface area (Å²) in [6.45, 7) is 2.85. The number of methoxy groups -OCH3 is 1. The number of amides is 2. The lowest BCUT2D eigenvalue weighted by molar-refractivity contribution is -0.117. The van der Waals surface area contributed by atoms with Crippen molar-refractivity contribution in [3.8, 4) is 5.75 Å². The summed E-state index contributed by atoms with van der Waals surface area (Å²) >= 11 is 0. The van der Waals surface area contributed by atoms with Crippen molar-refractivity contribution in [2.75, 3.05) is 24.8 Å². The Morgan fingerprint density at radius 3 is 2.71 bits per heavy atom. The summed E-state index contributed by atoms with van der Waals surface area (Å²) in [7, 11) is 3.17. The summed E-state index contributed by atoms with van der Waals surface area (Å²) in [5.74, 6) is 0.743. The van der Waals surface area contributed by atoms with Gasteiger partial charge in [-0.3, -0.25) is 14.3 Å². The molecule has 0 atom stereocenters. The minimum absolute atomic E-state index is 0.0476. The predicted molar refractivity (Wildman–Crippen MR) is 119 cm³/mol. The molecule has 0 aliphatic heterocycles. The van der Waals surface area contributed by atoms with Crippen LogP contribution in [0.25, 0.3) is 10.9 Å². The van der Waals surface area contributed by atoms with Crippen LogP contribution in [0.15, 0.2) is 30.6 Å². The monoisotopic (exact) mass is 422 g/mol. The Morgan fingerprint density at radius 2 is 2.03 bits per heavy atom. The van der Waals surface area contributed by atoms with Crippen molar-refractivity contribution in [1.29, 1.82) is 0 Å². The molecule has 0 saturated heterocycles. The van der Waals surface area contributed by atoms with E-state index in [1.54, 1.807) is 20.2 Å². The lowest BCUT2D eigenvalue weighted by Crippen LogP contribution is -2.20. The number of aryl methyl sites for hydroxylation is 1. The standard InChI is InChI=1S/C22H26N6O3/c1-4-9-28-19-14(11-25-28)7-8-16(20(19)31-3)26-17-10-18(27-21(29)13-5-6-13)24-12-15(17)22(30)23-2/h7-8,10-13H,4-6,9H2,1-3H3,(H,23,30)(H2,24,26,27,29). The Labute approximate surface area is 180 Å². The summed E-state index contributed by atoms with van der Waals surface area (Å²) in [6, 6.07) is 5.50. The lowest BCUT2D eigenvalue weighted by Gasteiger charge is -2.16. The number of nitrogens with zero attached hydrogens (tertiary/aromatic N) is 3. The van der Waals surface area contributed by atoms with Crippen molar-refractivity contribution < 1.29 is 14.3 Å². The van der Waals surface area contributed by atoms with Crippen LogP contribution in [0.5, 0.6) is 5.75 Å². The summed E-state index contributed by atoms with van der Waals surface area (Å²) < 4.78 is 7.64. The molecule has 0 unspecified atom stereocenters. The molecular weight excluding hydrogens is 396 g/mol. The maximum Gasteiger partial charge on any atom is 0.254 e. The van der Waals surface area contributed by atoms with E-state index < -0.39 is 0 Å². The second-order valence-electron chi connectivity index (χ2n) is 7.53. The van der Waals surface area contributed by atoms with Gasteiger partial charge < -0.3 is 20.7 Å². The average Bonchev–Trinajstić information content (AvgIpc) is 3.55. The molecule has 1 aliphatic rings. The van der Waals surface area contributed by atoms with Gasteiger partial charge in [0.2, 0.25) is 5.91 Å². The van der Waals surface area contributed by atoms with Crippen LogP contribution in [0.4, 0.5) is 17.2 Å². The van der Waals surface area contributed by atoms with Gasteiger partial charge in [0.1, 0.15) is 11.3 Å². The van der Waals surface area contributed by atoms with Crippen LogP contribution in [-0.4, -0.2) is 40.7 Å². The summed E-state index contributed by atoms with van der Waals surface area (Å²) in [5.41, 5.74) is 2.44. The van der Waals surface area contributed by atoms with Crippen molar-refractivity contribution in [1.82, 2.24) is 20.1 Å². The van der Waals surface area contributed by atoms with Crippen LogP contribution in [0.3, 0.4) is 0 Å². The third-order valence-corrected chi connectivity index (χ3v) is 5.24. The highest BCUT2D eigenvalue weighted by Gasteiger charge is 2.30. The molecule has 1 saturated carbocycles. The maximum absolute atomic E-state index is 12.4. The molecule has 1 aliphatic carbocycles. The molecule has 9 heteroatoms. The fourth-order valence-corrected chi connectivity index (χ4v) is 3.49. The molecule has 9 nitrogen and oxygen atoms in total. The second kappa shape index (κ2) is 8.63. The van der Waals surface area contributed by atoms with Crippen LogP contribution in [0.1, 0.15) is 36.5 Å². The molecule has 3 N–H and O–H groups in total. The molecule has 162 valence electrons. The number of rotatable bonds is 8. The van der Waals surface area contributed by atoms with Crippen molar-refractivity contribution >= 4 is 39.9 Å². The number of fused-ring (bicyclic) bond motifs is 1. The first kappa shape index (κ1) is 20.6. The first-order valence-electron chi connectivity index (χ1n) is 10.4. The fraction of sp³-hybridized carbons (Fsp3) is 0.364. The number of anilines is 3. The van der Waals surface area contributed by atoms with Gasteiger partial charge in [-0.05, 0) is 31.4 Å². The number of aromatic nitrogens is 3. The van der Waals surface area contributed by atoms with Gasteiger partial charge in [-0.15, -0.1) is 0 Å². The van der Waals surface area contributed by atoms with Gasteiger partial charge in [-0.1, -0.05) is 6.92 Å². The number of ether oxygens (including phenoxy) is 1. The minimum Gasteiger partial charge on any atom is -0.492 e. The largest absolute Gasteiger partial charge is 0.492 e. The second-order valence-corrected chi connectivity index (χ2v) is 7.53. The Kier molecular flexibility index (Phi) is 5.75. The summed E-state index contributed by atoms with van der Waals surface area (Å²) in [5, 5.41) is 14.2. The molecule has 1 fully saturated rings. The highest BCUT2D eigenvalue weighted by molar-refractivity contribution is 6.02. The van der Waals surface area contributed by atoms with Crippen LogP contribution in [-0.2, 0) is 11.3 Å². The van der Waals surface area contributed by atoms with E-state index in [1.165, 1.54) is 6.20 Å². The van der Waals surface area contributed by atoms with Gasteiger partial charge in [0.25, 0.3) is 5.91 Å². The summed E-state index contributed by atoms with van der Waals surface area (Å²) in [6.07, 6.45) is 6.00. The molecule has 1 aromatic carbocycles. The van der Waals surface area contributed by atoms with E-state index in [0.717, 1.165) is 36.7 Å². The molecule has 0 bridgehead atoms. The Bertz CT molecular complexity index is 1140. The third-order valence-electron chi connectivity index (χ3n) is 5.24. The van der Waals surface area contributed by atoms with Gasteiger partial charge in [-0.2, -0.15) is 5.10 Å². The fourth-order valence-electron chi connectivity index (χ4n) is 3.49. The van der Waals surface area contributed by atoms with Gasteiger partial charge in [0.15, 0.2) is 5.75 Å². The smallest absolute Gasteiger partial charge is 0.254 e. The van der Waals surface area contributed by atoms with Crippen LogP contribution in [0.2, 0.25) is 0 Å². The van der Waals surface area contributed by atoms with Crippen LogP contribution >= 0.6 is 0 Å². The maximum atomic E-state index is 12.4. The van der Waals surface area contributed by atoms with Crippen molar-refractivity contribution in [2.45, 2.75) is 32.7 Å². The SMILES string of the molecule is CCCn1ncc2ccc(Nc3cc(NC(=O)C4CC4)ncc3C(=O)NC)c(OC)c21. The van der Waals surface area contributed by atoms with E-state index in [1.807, 2.05) is 23.0 Å². The number of pyridine rings is 1. The molecule has 2 heterocycles. The summed E-state index contributed by atoms with van der Waals surface area (Å²) in [4.78, 5) is 28.8. The van der Waals surface area contributed by atoms with Crippen molar-refractivity contribution in [3.63, 3.8) is 0 Å². The van der Waals surface area contributed by atoms with E-state index in [0.29, 0.717) is 28.5 Å². The minimum atomic E-state index is -0.286. The van der Waals surface area contributed by atoms with E-state index in [-0.39, 0.29) is 17.7 Å². The normalized spacial score (nSPS) is 13.1. The van der Waals surface area contributed by atoms with Crippen molar-refractivity contribution in [3.05, 3.63) is 36.2 Å². The molecule has 2 aromatic heterocycles. The molecular formula is C22H26N6O3. The molecule has 2 amide bonds. The van der Waals surface area contributed by atoms with Gasteiger partial charge >= 0.3 is 0 Å². The van der Waals surface area contributed by atoms with Gasteiger partial charge in [0.05, 0.1) is 30.2 Å². The lowest BCUT2D eigenvalue weighted by atomic mass is 10.1. The third kappa shape index (κ3) is 4.16. The number of hydrogen-bond acceptors (Lipinski definition) is 6. The zero-order valence-electron chi connectivity index (χ0n) is 17.9. The van der Waals surface area contributed by atoms with E-state index in [2.05, 4.69) is 33.0 Å². The highest BCUT2D eigenvalue weighted by atomic mass is 16.5. The van der Waals surface area contributed by atoms with Crippen LogP contribution in [0, 0.1) is 5.92 Å². The topological polar surface area (TPSA) is 110 Å². The average molecular weight is 422 g/mol. The van der Waals surface area contributed by atoms with E-state index in [9.17, 15) is 9.59 Å².